The first-order chi connectivity index (χ1) is 12.8. The normalized spacial score (nSPS) is 12.0. The second-order valence-electron chi connectivity index (χ2n) is 5.86. The molecule has 2 aromatic carbocycles. The lowest BCUT2D eigenvalue weighted by Gasteiger charge is -2.10. The zero-order valence-electron chi connectivity index (χ0n) is 14.5. The van der Waals surface area contributed by atoms with Crippen LogP contribution in [-0.4, -0.2) is 16.4 Å². The van der Waals surface area contributed by atoms with E-state index in [2.05, 4.69) is 10.6 Å². The van der Waals surface area contributed by atoms with E-state index in [1.807, 2.05) is 31.2 Å². The van der Waals surface area contributed by atoms with Crippen LogP contribution in [0.5, 0.6) is 0 Å². The molecule has 2 N–H and O–H groups in total. The van der Waals surface area contributed by atoms with Crippen molar-refractivity contribution in [2.24, 2.45) is 0 Å². The molecule has 0 spiro atoms. The average Bonchev–Trinajstić information content (AvgIpc) is 2.95. The van der Waals surface area contributed by atoms with Gasteiger partial charge in [-0.2, -0.15) is 0 Å². The monoisotopic (exact) mass is 424 g/mol. The molecule has 0 bridgehead atoms. The molecule has 0 fully saturated rings. The number of aromatic nitrogens is 2. The molecule has 3 aromatic rings. The van der Waals surface area contributed by atoms with Gasteiger partial charge < -0.3 is 5.32 Å². The first-order valence-electron chi connectivity index (χ1n) is 7.97. The average molecular weight is 425 g/mol. The maximum Gasteiger partial charge on any atom is 0.442 e. The first-order valence-corrected chi connectivity index (χ1v) is 9.61. The van der Waals surface area contributed by atoms with Crippen LogP contribution >= 0.6 is 35.0 Å². The predicted octanol–water partition coefficient (Wildman–Crippen LogP) is 3.98. The molecule has 140 valence electrons. The van der Waals surface area contributed by atoms with Crippen molar-refractivity contribution in [1.82, 2.24) is 5.27 Å². The van der Waals surface area contributed by atoms with Gasteiger partial charge in [-0.15, -0.1) is 0 Å². The fourth-order valence-corrected chi connectivity index (χ4v) is 3.73. The number of thioether (sulfide) groups is 1. The molecule has 0 aliphatic heterocycles. The van der Waals surface area contributed by atoms with Crippen molar-refractivity contribution in [3.05, 3.63) is 68.5 Å². The topological polar surface area (TPSA) is 79.0 Å². The minimum atomic E-state index is -0.571. The number of nitrogens with zero attached hydrogens (tertiary/aromatic N) is 1. The van der Waals surface area contributed by atoms with Crippen LogP contribution in [0.2, 0.25) is 10.0 Å². The lowest BCUT2D eigenvalue weighted by molar-refractivity contribution is -0.704. The van der Waals surface area contributed by atoms with Crippen LogP contribution in [0.1, 0.15) is 12.5 Å². The van der Waals surface area contributed by atoms with Crippen molar-refractivity contribution in [2.45, 2.75) is 24.1 Å². The molecule has 0 saturated carbocycles. The minimum absolute atomic E-state index is 0.269. The summed E-state index contributed by atoms with van der Waals surface area (Å²) in [7, 11) is 0. The Balaban J connectivity index is 1.78. The quantitative estimate of drug-likeness (QED) is 0.479. The number of anilines is 1. The molecular weight excluding hydrogens is 409 g/mol. The van der Waals surface area contributed by atoms with Gasteiger partial charge in [0, 0.05) is 27.9 Å². The third-order valence-electron chi connectivity index (χ3n) is 3.69. The Hall–Kier alpha value is -2.22. The standard InChI is InChI=1S/C18H15Cl2N3O3S/c1-10-3-5-15(6-4-10)23-17(18(25)26-22-23)27-11(2)16(24)21-14-8-12(19)7-13(20)9-14/h3-9,11H,1-2H3,(H-,21,22,24,25)/p+1. The predicted molar refractivity (Wildman–Crippen MR) is 106 cm³/mol. The van der Waals surface area contributed by atoms with Gasteiger partial charge in [0.2, 0.25) is 11.6 Å². The van der Waals surface area contributed by atoms with Crippen LogP contribution in [0, 0.1) is 6.92 Å². The van der Waals surface area contributed by atoms with Crippen molar-refractivity contribution >= 4 is 46.6 Å². The highest BCUT2D eigenvalue weighted by Gasteiger charge is 2.29. The Morgan fingerprint density at radius 2 is 1.81 bits per heavy atom. The molecular formula is C18H16Cl2N3O3S+. The molecule has 1 heterocycles. The summed E-state index contributed by atoms with van der Waals surface area (Å²) in [6, 6.07) is 12.3. The Bertz CT molecular complexity index is 1010. The summed E-state index contributed by atoms with van der Waals surface area (Å²) in [5.41, 5.74) is 1.75. The molecule has 9 heteroatoms. The van der Waals surface area contributed by atoms with Gasteiger partial charge in [-0.1, -0.05) is 40.9 Å². The van der Waals surface area contributed by atoms with E-state index in [4.69, 9.17) is 27.7 Å². The maximum atomic E-state index is 12.5. The fraction of sp³-hybridized carbons (Fsp3) is 0.167. The number of benzene rings is 2. The SMILES string of the molecule is Cc1ccc(-[n+]2[nH]oc(=O)c2SC(C)C(=O)Nc2cc(Cl)cc(Cl)c2)cc1. The molecule has 0 aliphatic carbocycles. The summed E-state index contributed by atoms with van der Waals surface area (Å²) >= 11 is 13.0. The summed E-state index contributed by atoms with van der Waals surface area (Å²) in [4.78, 5) is 24.6. The van der Waals surface area contributed by atoms with Gasteiger partial charge in [0.1, 0.15) is 0 Å². The summed E-state index contributed by atoms with van der Waals surface area (Å²) in [6.45, 7) is 3.66. The highest BCUT2D eigenvalue weighted by molar-refractivity contribution is 8.00. The Kier molecular flexibility index (Phi) is 5.94. The molecule has 1 amide bonds. The number of nitrogens with one attached hydrogen (secondary N) is 2. The second kappa shape index (κ2) is 8.21. The summed E-state index contributed by atoms with van der Waals surface area (Å²) < 4.78 is 6.41. The Morgan fingerprint density at radius 3 is 2.44 bits per heavy atom. The van der Waals surface area contributed by atoms with Gasteiger partial charge in [0.25, 0.3) is 0 Å². The highest BCUT2D eigenvalue weighted by atomic mass is 35.5. The molecule has 0 saturated heterocycles. The number of carbonyl (C=O) groups excluding carboxylic acids is 1. The van der Waals surface area contributed by atoms with E-state index < -0.39 is 10.9 Å². The number of amides is 1. The van der Waals surface area contributed by atoms with Crippen LogP contribution in [-0.2, 0) is 4.79 Å². The summed E-state index contributed by atoms with van der Waals surface area (Å²) in [6.07, 6.45) is 0. The number of hydrogen-bond acceptors (Lipinski definition) is 4. The van der Waals surface area contributed by atoms with Crippen LogP contribution in [0.4, 0.5) is 5.69 Å². The van der Waals surface area contributed by atoms with Crippen LogP contribution in [0.25, 0.3) is 5.69 Å². The van der Waals surface area contributed by atoms with Crippen molar-refractivity contribution in [3.8, 4) is 5.69 Å². The van der Waals surface area contributed by atoms with E-state index in [-0.39, 0.29) is 10.9 Å². The second-order valence-corrected chi connectivity index (χ2v) is 8.07. The molecule has 1 aromatic heterocycles. The maximum absolute atomic E-state index is 12.5. The molecule has 6 nitrogen and oxygen atoms in total. The van der Waals surface area contributed by atoms with E-state index in [0.29, 0.717) is 15.7 Å². The van der Waals surface area contributed by atoms with Gasteiger partial charge in [-0.3, -0.25) is 9.32 Å². The van der Waals surface area contributed by atoms with Crippen LogP contribution < -0.4 is 15.6 Å². The molecule has 0 radical (unpaired) electrons. The molecule has 27 heavy (non-hydrogen) atoms. The van der Waals surface area contributed by atoms with Crippen molar-refractivity contribution in [1.29, 1.82) is 0 Å². The third-order valence-corrected chi connectivity index (χ3v) is 5.26. The minimum Gasteiger partial charge on any atom is -0.325 e. The van der Waals surface area contributed by atoms with Gasteiger partial charge in [-0.05, 0) is 53.8 Å². The van der Waals surface area contributed by atoms with Crippen LogP contribution in [0.3, 0.4) is 0 Å². The number of halogens is 2. The number of rotatable bonds is 5. The highest BCUT2D eigenvalue weighted by Crippen LogP contribution is 2.24. The lowest BCUT2D eigenvalue weighted by Crippen LogP contribution is -2.37. The smallest absolute Gasteiger partial charge is 0.325 e. The van der Waals surface area contributed by atoms with Crippen molar-refractivity contribution < 1.29 is 14.0 Å². The Labute approximate surface area is 169 Å². The number of aromatic amines is 1. The fourth-order valence-electron chi connectivity index (χ4n) is 2.32. The number of H-pyrrole nitrogens is 1. The van der Waals surface area contributed by atoms with E-state index in [9.17, 15) is 9.59 Å². The van der Waals surface area contributed by atoms with E-state index in [0.717, 1.165) is 23.0 Å². The van der Waals surface area contributed by atoms with Gasteiger partial charge in [0.05, 0.1) is 5.25 Å². The van der Waals surface area contributed by atoms with E-state index in [1.54, 1.807) is 25.1 Å². The van der Waals surface area contributed by atoms with E-state index in [1.165, 1.54) is 4.68 Å². The van der Waals surface area contributed by atoms with Crippen LogP contribution in [0.15, 0.2) is 56.8 Å². The van der Waals surface area contributed by atoms with Gasteiger partial charge >= 0.3 is 10.7 Å². The third kappa shape index (κ3) is 4.74. The zero-order valence-corrected chi connectivity index (χ0v) is 16.8. The van der Waals surface area contributed by atoms with Gasteiger partial charge in [-0.25, -0.2) is 4.79 Å². The summed E-state index contributed by atoms with van der Waals surface area (Å²) in [5.74, 6) is -0.297. The summed E-state index contributed by atoms with van der Waals surface area (Å²) in [5, 5.41) is 5.84. The Morgan fingerprint density at radius 1 is 1.19 bits per heavy atom. The van der Waals surface area contributed by atoms with E-state index >= 15 is 0 Å². The largest absolute Gasteiger partial charge is 0.442 e. The molecule has 1 unspecified atom stereocenters. The first kappa shape index (κ1) is 19.5. The lowest BCUT2D eigenvalue weighted by atomic mass is 10.2. The zero-order chi connectivity index (χ0) is 19.6. The molecule has 0 aliphatic rings. The number of hydrogen-bond donors (Lipinski definition) is 2. The van der Waals surface area contributed by atoms with Gasteiger partial charge in [0.15, 0.2) is 0 Å². The van der Waals surface area contributed by atoms with Crippen molar-refractivity contribution in [3.63, 3.8) is 0 Å². The number of aryl methyl sites for hydroxylation is 1. The van der Waals surface area contributed by atoms with Crippen molar-refractivity contribution in [2.75, 3.05) is 5.32 Å². The molecule has 3 rings (SSSR count). The molecule has 1 atom stereocenters. The number of carbonyl (C=O) groups is 1.